The first-order chi connectivity index (χ1) is 33.6. The Hall–Kier alpha value is -2.57. The summed E-state index contributed by atoms with van der Waals surface area (Å²) in [6, 6.07) is 0. The smallest absolute Gasteiger partial charge is 0.310 e. The quantitative estimate of drug-likeness (QED) is 0.0175. The monoisotopic (exact) mass is 979 g/mol. The second-order valence-electron chi connectivity index (χ2n) is 18.3. The Labute approximate surface area is 415 Å². The molecule has 0 radical (unpaired) electrons. The molecule has 11 atom stereocenters. The topological polar surface area (TPSA) is 214 Å². The third-order valence-corrected chi connectivity index (χ3v) is 12.2. The van der Waals surface area contributed by atoms with Crippen molar-refractivity contribution in [1.82, 2.24) is 0 Å². The summed E-state index contributed by atoms with van der Waals surface area (Å²) in [7, 11) is 0. The number of esters is 1. The lowest BCUT2D eigenvalue weighted by Gasteiger charge is -2.42. The van der Waals surface area contributed by atoms with Crippen LogP contribution in [0.5, 0.6) is 0 Å². The highest BCUT2D eigenvalue weighted by Gasteiger charge is 2.47. The van der Waals surface area contributed by atoms with Gasteiger partial charge in [-0.1, -0.05) is 170 Å². The summed E-state index contributed by atoms with van der Waals surface area (Å²) in [6.45, 7) is 3.43. The molecule has 14 heteroatoms. The molecule has 2 fully saturated rings. The lowest BCUT2D eigenvalue weighted by atomic mass is 9.98. The van der Waals surface area contributed by atoms with E-state index in [-0.39, 0.29) is 19.6 Å². The van der Waals surface area contributed by atoms with Gasteiger partial charge in [0.25, 0.3) is 0 Å². The maximum Gasteiger partial charge on any atom is 0.310 e. The van der Waals surface area contributed by atoms with Crippen molar-refractivity contribution in [3.05, 3.63) is 72.9 Å². The Kier molecular flexibility index (Phi) is 38.1. The minimum atomic E-state index is -1.73. The van der Waals surface area contributed by atoms with Gasteiger partial charge < -0.3 is 64.2 Å². The van der Waals surface area contributed by atoms with Gasteiger partial charge >= 0.3 is 5.97 Å². The number of aliphatic hydroxyl groups excluding tert-OH is 7. The van der Waals surface area contributed by atoms with Gasteiger partial charge in [0.1, 0.15) is 54.9 Å². The fraction of sp³-hybridized carbons (Fsp3) is 0.764. The Morgan fingerprint density at radius 2 is 0.942 bits per heavy atom. The first-order valence-corrected chi connectivity index (χ1v) is 26.5. The normalized spacial score (nSPS) is 26.3. The summed E-state index contributed by atoms with van der Waals surface area (Å²) < 4.78 is 34.1. The fourth-order valence-electron chi connectivity index (χ4n) is 7.94. The van der Waals surface area contributed by atoms with Gasteiger partial charge in [-0.15, -0.1) is 0 Å². The maximum atomic E-state index is 12.9. The summed E-state index contributed by atoms with van der Waals surface area (Å²) in [5.41, 5.74) is 0. The van der Waals surface area contributed by atoms with E-state index in [1.54, 1.807) is 6.08 Å². The van der Waals surface area contributed by atoms with E-state index in [4.69, 9.17) is 28.4 Å². The summed E-state index contributed by atoms with van der Waals surface area (Å²) in [5.74, 6) is -0.504. The van der Waals surface area contributed by atoms with Crippen LogP contribution in [0.3, 0.4) is 0 Å². The Morgan fingerprint density at radius 3 is 1.46 bits per heavy atom. The first kappa shape index (κ1) is 62.5. The summed E-state index contributed by atoms with van der Waals surface area (Å²) in [4.78, 5) is 12.9. The molecule has 0 aromatic heterocycles. The number of ether oxygens (including phenoxy) is 6. The van der Waals surface area contributed by atoms with Crippen LogP contribution in [0.25, 0.3) is 0 Å². The van der Waals surface area contributed by atoms with Crippen LogP contribution < -0.4 is 0 Å². The van der Waals surface area contributed by atoms with Crippen molar-refractivity contribution in [3.8, 4) is 0 Å². The molecule has 2 aliphatic rings. The predicted octanol–water partition coefficient (Wildman–Crippen LogP) is 8.29. The van der Waals surface area contributed by atoms with Crippen molar-refractivity contribution < 1.29 is 69.0 Å². The molecule has 2 rings (SSSR count). The van der Waals surface area contributed by atoms with Gasteiger partial charge in [-0.25, -0.2) is 0 Å². The Bertz CT molecular complexity index is 1410. The zero-order chi connectivity index (χ0) is 50.2. The molecular weight excluding hydrogens is 885 g/mol. The molecule has 14 nitrogen and oxygen atoms in total. The molecule has 69 heavy (non-hydrogen) atoms. The molecule has 0 amide bonds. The molecule has 0 aliphatic carbocycles. The second-order valence-corrected chi connectivity index (χ2v) is 18.3. The van der Waals surface area contributed by atoms with Gasteiger partial charge in [0.05, 0.1) is 32.8 Å². The molecule has 0 saturated carbocycles. The predicted molar refractivity (Wildman–Crippen MR) is 270 cm³/mol. The molecule has 11 unspecified atom stereocenters. The third-order valence-electron chi connectivity index (χ3n) is 12.2. The second kappa shape index (κ2) is 42.0. The van der Waals surface area contributed by atoms with E-state index >= 15 is 0 Å². The molecule has 0 bridgehead atoms. The number of hydrogen-bond acceptors (Lipinski definition) is 14. The van der Waals surface area contributed by atoms with E-state index in [1.165, 1.54) is 96.3 Å². The molecule has 2 heterocycles. The summed E-state index contributed by atoms with van der Waals surface area (Å²) in [6.07, 6.45) is 35.7. The molecule has 0 aromatic carbocycles. The molecule has 0 aromatic rings. The number of hydrogen-bond donors (Lipinski definition) is 7. The van der Waals surface area contributed by atoms with Gasteiger partial charge in [0, 0.05) is 6.61 Å². The van der Waals surface area contributed by atoms with Gasteiger partial charge in [-0.3, -0.25) is 4.79 Å². The van der Waals surface area contributed by atoms with Crippen LogP contribution in [-0.2, 0) is 33.2 Å². The number of aliphatic hydroxyl groups is 7. The van der Waals surface area contributed by atoms with Gasteiger partial charge in [-0.05, 0) is 64.2 Å². The lowest BCUT2D eigenvalue weighted by Crippen LogP contribution is -2.61. The van der Waals surface area contributed by atoms with Crippen LogP contribution in [-0.4, -0.2) is 142 Å². The van der Waals surface area contributed by atoms with Gasteiger partial charge in [0.2, 0.25) is 0 Å². The van der Waals surface area contributed by atoms with Crippen LogP contribution >= 0.6 is 0 Å². The van der Waals surface area contributed by atoms with Gasteiger partial charge in [-0.2, -0.15) is 0 Å². The zero-order valence-electron chi connectivity index (χ0n) is 42.3. The highest BCUT2D eigenvalue weighted by molar-refractivity contribution is 5.71. The average molecular weight is 979 g/mol. The number of carbonyl (C=O) groups excluding carboxylic acids is 1. The maximum absolute atomic E-state index is 12.9. The van der Waals surface area contributed by atoms with Crippen LogP contribution in [0, 0.1) is 0 Å². The summed E-state index contributed by atoms with van der Waals surface area (Å²) >= 11 is 0. The average Bonchev–Trinajstić information content (AvgIpc) is 3.35. The Morgan fingerprint density at radius 1 is 0.493 bits per heavy atom. The van der Waals surface area contributed by atoms with E-state index in [1.807, 2.05) is 12.2 Å². The van der Waals surface area contributed by atoms with Crippen molar-refractivity contribution in [1.29, 1.82) is 0 Å². The van der Waals surface area contributed by atoms with Crippen LogP contribution in [0.2, 0.25) is 0 Å². The number of allylic oxidation sites excluding steroid dienone is 11. The Balaban J connectivity index is 1.78. The van der Waals surface area contributed by atoms with Crippen molar-refractivity contribution in [2.75, 3.05) is 33.0 Å². The zero-order valence-corrected chi connectivity index (χ0v) is 42.3. The molecule has 0 spiro atoms. The molecule has 398 valence electrons. The lowest BCUT2D eigenvalue weighted by molar-refractivity contribution is -0.332. The first-order valence-electron chi connectivity index (χ1n) is 26.5. The highest BCUT2D eigenvalue weighted by atomic mass is 16.7. The van der Waals surface area contributed by atoms with E-state index < -0.39 is 86.7 Å². The fourth-order valence-corrected chi connectivity index (χ4v) is 7.94. The van der Waals surface area contributed by atoms with E-state index in [9.17, 15) is 40.5 Å². The molecule has 2 saturated heterocycles. The minimum absolute atomic E-state index is 0.0178. The molecule has 2 aliphatic heterocycles. The number of rotatable bonds is 41. The standard InChI is InChI=1S/C55H94O14/c1-3-5-7-9-11-13-15-17-19-20-21-22-23-25-27-29-31-33-35-37-39-64-41-44(67-47(57)38-36-34-32-30-28-26-24-18-16-14-12-10-8-6-4-2)42-65-54-53(63)51(61)49(59)46(69-54)43-66-55-52(62)50(60)48(58)45(40-56)68-55/h6,8,12,14,17-19,24,28,30,34,36,44-46,48-56,58-63H,3-5,7,9-11,13,15-16,20-23,25-27,29,31-33,35,37-43H2,1-2H3/b8-6-,14-12-,19-17-,24-18-,30-28-,36-34-. The van der Waals surface area contributed by atoms with E-state index in [0.717, 1.165) is 44.9 Å². The van der Waals surface area contributed by atoms with Gasteiger partial charge in [0.15, 0.2) is 12.6 Å². The number of carbonyl (C=O) groups is 1. The van der Waals surface area contributed by atoms with Crippen molar-refractivity contribution >= 4 is 5.97 Å². The number of unbranched alkanes of at least 4 members (excludes halogenated alkanes) is 16. The van der Waals surface area contributed by atoms with Crippen molar-refractivity contribution in [2.24, 2.45) is 0 Å². The van der Waals surface area contributed by atoms with Crippen LogP contribution in [0.4, 0.5) is 0 Å². The largest absolute Gasteiger partial charge is 0.457 e. The van der Waals surface area contributed by atoms with Crippen molar-refractivity contribution in [2.45, 2.75) is 235 Å². The van der Waals surface area contributed by atoms with Crippen LogP contribution in [0.1, 0.15) is 168 Å². The van der Waals surface area contributed by atoms with Crippen molar-refractivity contribution in [3.63, 3.8) is 0 Å². The van der Waals surface area contributed by atoms with Crippen LogP contribution in [0.15, 0.2) is 72.9 Å². The SMILES string of the molecule is CC/C=C\C/C=C\C/C=C\C/C=C\C/C=C\CC(=O)OC(COCCCCCCCCCCCC/C=C\CCCCCCCC)COC1OC(COC2OC(CO)C(O)C(O)C2O)C(O)C(O)C1O. The minimum Gasteiger partial charge on any atom is -0.457 e. The van der Waals surface area contributed by atoms with E-state index in [2.05, 4.69) is 68.5 Å². The highest BCUT2D eigenvalue weighted by Crippen LogP contribution is 2.26. The molecule has 7 N–H and O–H groups in total. The summed E-state index contributed by atoms with van der Waals surface area (Å²) in [5, 5.41) is 72.1. The molecular formula is C55H94O14. The van der Waals surface area contributed by atoms with E-state index in [0.29, 0.717) is 13.0 Å². The third kappa shape index (κ3) is 29.5.